The SMILES string of the molecule is CN=C(NCCCN1C(=O)COc2ccccc21)N1CCOC(C2CCCO2)C1. The summed E-state index contributed by atoms with van der Waals surface area (Å²) in [7, 11) is 1.81. The van der Waals surface area contributed by atoms with Gasteiger partial charge in [-0.25, -0.2) is 0 Å². The van der Waals surface area contributed by atoms with Crippen molar-refractivity contribution in [1.82, 2.24) is 10.2 Å². The van der Waals surface area contributed by atoms with Crippen molar-refractivity contribution in [3.8, 4) is 5.75 Å². The lowest BCUT2D eigenvalue weighted by atomic mass is 10.1. The number of para-hydroxylation sites is 2. The first kappa shape index (κ1) is 20.0. The Balaban J connectivity index is 1.27. The third-order valence-corrected chi connectivity index (χ3v) is 5.63. The monoisotopic (exact) mass is 402 g/mol. The summed E-state index contributed by atoms with van der Waals surface area (Å²) in [6, 6.07) is 7.68. The van der Waals surface area contributed by atoms with Crippen LogP contribution < -0.4 is 15.0 Å². The summed E-state index contributed by atoms with van der Waals surface area (Å²) in [5.74, 6) is 1.65. The molecule has 8 nitrogen and oxygen atoms in total. The number of ether oxygens (including phenoxy) is 3. The van der Waals surface area contributed by atoms with Crippen molar-refractivity contribution in [1.29, 1.82) is 0 Å². The van der Waals surface area contributed by atoms with Crippen LogP contribution in [0.5, 0.6) is 5.75 Å². The Kier molecular flexibility index (Phi) is 6.51. The van der Waals surface area contributed by atoms with E-state index in [1.54, 1.807) is 7.05 Å². The number of guanidine groups is 1. The second-order valence-electron chi connectivity index (χ2n) is 7.54. The zero-order chi connectivity index (χ0) is 20.1. The number of nitrogens with zero attached hydrogens (tertiary/aromatic N) is 3. The van der Waals surface area contributed by atoms with Crippen molar-refractivity contribution in [3.05, 3.63) is 24.3 Å². The molecule has 0 aromatic heterocycles. The molecule has 1 aromatic rings. The molecular weight excluding hydrogens is 372 g/mol. The molecule has 1 N–H and O–H groups in total. The van der Waals surface area contributed by atoms with E-state index in [0.717, 1.165) is 62.9 Å². The molecule has 3 aliphatic rings. The summed E-state index contributed by atoms with van der Waals surface area (Å²) in [5, 5.41) is 3.44. The van der Waals surface area contributed by atoms with Gasteiger partial charge >= 0.3 is 0 Å². The predicted molar refractivity (Wildman–Crippen MR) is 111 cm³/mol. The Bertz CT molecular complexity index is 735. The number of nitrogens with one attached hydrogen (secondary N) is 1. The van der Waals surface area contributed by atoms with Gasteiger partial charge in [0.15, 0.2) is 12.6 Å². The third-order valence-electron chi connectivity index (χ3n) is 5.63. The minimum atomic E-state index is 0.000617. The minimum Gasteiger partial charge on any atom is -0.482 e. The lowest BCUT2D eigenvalue weighted by molar-refractivity contribution is -0.121. The summed E-state index contributed by atoms with van der Waals surface area (Å²) < 4.78 is 17.2. The molecule has 8 heteroatoms. The van der Waals surface area contributed by atoms with E-state index in [0.29, 0.717) is 13.2 Å². The Labute approximate surface area is 171 Å². The molecule has 2 atom stereocenters. The van der Waals surface area contributed by atoms with Crippen LogP contribution in [-0.4, -0.2) is 82.0 Å². The predicted octanol–water partition coefficient (Wildman–Crippen LogP) is 1.26. The van der Waals surface area contributed by atoms with Gasteiger partial charge in [-0.1, -0.05) is 12.1 Å². The zero-order valence-electron chi connectivity index (χ0n) is 17.0. The van der Waals surface area contributed by atoms with Crippen LogP contribution in [0.15, 0.2) is 29.3 Å². The highest BCUT2D eigenvalue weighted by Crippen LogP contribution is 2.31. The molecule has 1 amide bonds. The lowest BCUT2D eigenvalue weighted by Gasteiger charge is -2.37. The van der Waals surface area contributed by atoms with Crippen molar-refractivity contribution in [2.75, 3.05) is 57.9 Å². The van der Waals surface area contributed by atoms with Gasteiger partial charge in [-0.05, 0) is 31.4 Å². The highest BCUT2D eigenvalue weighted by molar-refractivity contribution is 5.97. The Morgan fingerprint density at radius 2 is 2.10 bits per heavy atom. The van der Waals surface area contributed by atoms with Gasteiger partial charge in [0.05, 0.1) is 18.4 Å². The van der Waals surface area contributed by atoms with Gasteiger partial charge in [-0.15, -0.1) is 0 Å². The summed E-state index contributed by atoms with van der Waals surface area (Å²) in [6.07, 6.45) is 3.30. The molecule has 3 aliphatic heterocycles. The molecule has 2 unspecified atom stereocenters. The van der Waals surface area contributed by atoms with Crippen LogP contribution in [0.4, 0.5) is 5.69 Å². The number of benzene rings is 1. The molecule has 0 spiro atoms. The summed E-state index contributed by atoms with van der Waals surface area (Å²) in [4.78, 5) is 20.8. The molecule has 2 saturated heterocycles. The second kappa shape index (κ2) is 9.45. The molecular formula is C21H30N4O4. The number of carbonyl (C=O) groups excluding carboxylic acids is 1. The molecule has 29 heavy (non-hydrogen) atoms. The number of amides is 1. The number of morpholine rings is 1. The lowest BCUT2D eigenvalue weighted by Crippen LogP contribution is -2.53. The van der Waals surface area contributed by atoms with Crippen LogP contribution >= 0.6 is 0 Å². The first-order valence-corrected chi connectivity index (χ1v) is 10.5. The Hall–Kier alpha value is -2.32. The molecule has 1 aromatic carbocycles. The van der Waals surface area contributed by atoms with Gasteiger partial charge < -0.3 is 29.3 Å². The molecule has 2 fully saturated rings. The van der Waals surface area contributed by atoms with Gasteiger partial charge in [0.2, 0.25) is 0 Å². The van der Waals surface area contributed by atoms with E-state index in [1.165, 1.54) is 0 Å². The highest BCUT2D eigenvalue weighted by atomic mass is 16.5. The van der Waals surface area contributed by atoms with E-state index in [2.05, 4.69) is 15.2 Å². The molecule has 3 heterocycles. The number of anilines is 1. The van der Waals surface area contributed by atoms with Crippen molar-refractivity contribution >= 4 is 17.6 Å². The van der Waals surface area contributed by atoms with E-state index in [9.17, 15) is 4.79 Å². The van der Waals surface area contributed by atoms with Crippen LogP contribution in [0.1, 0.15) is 19.3 Å². The van der Waals surface area contributed by atoms with Crippen LogP contribution in [0.25, 0.3) is 0 Å². The molecule has 4 rings (SSSR count). The standard InChI is InChI=1S/C21H30N4O4/c1-22-21(24-11-13-28-19(14-24)18-8-4-12-27-18)23-9-5-10-25-16-6-2-3-7-17(16)29-15-20(25)26/h2-3,6-7,18-19H,4-5,8-15H2,1H3,(H,22,23). The number of rotatable bonds is 5. The van der Waals surface area contributed by atoms with Gasteiger partial charge in [-0.2, -0.15) is 0 Å². The van der Waals surface area contributed by atoms with E-state index < -0.39 is 0 Å². The first-order chi connectivity index (χ1) is 14.3. The molecule has 158 valence electrons. The average molecular weight is 402 g/mol. The van der Waals surface area contributed by atoms with Crippen LogP contribution in [-0.2, 0) is 14.3 Å². The van der Waals surface area contributed by atoms with Crippen LogP contribution in [0.2, 0.25) is 0 Å². The summed E-state index contributed by atoms with van der Waals surface area (Å²) >= 11 is 0. The number of fused-ring (bicyclic) bond motifs is 1. The maximum atomic E-state index is 12.3. The van der Waals surface area contributed by atoms with Gasteiger partial charge in [-0.3, -0.25) is 9.79 Å². The summed E-state index contributed by atoms with van der Waals surface area (Å²) in [6.45, 7) is 4.61. The van der Waals surface area contributed by atoms with Crippen molar-refractivity contribution in [3.63, 3.8) is 0 Å². The minimum absolute atomic E-state index is 0.000617. The molecule has 0 radical (unpaired) electrons. The smallest absolute Gasteiger partial charge is 0.265 e. The zero-order valence-corrected chi connectivity index (χ0v) is 17.0. The molecule has 0 bridgehead atoms. The quantitative estimate of drug-likeness (QED) is 0.454. The van der Waals surface area contributed by atoms with E-state index in [4.69, 9.17) is 14.2 Å². The average Bonchev–Trinajstić information content (AvgIpc) is 3.30. The largest absolute Gasteiger partial charge is 0.482 e. The normalized spacial score (nSPS) is 25.0. The molecule has 0 aliphatic carbocycles. The van der Waals surface area contributed by atoms with Crippen molar-refractivity contribution in [2.24, 2.45) is 4.99 Å². The summed E-state index contributed by atoms with van der Waals surface area (Å²) in [5.41, 5.74) is 0.848. The van der Waals surface area contributed by atoms with Crippen LogP contribution in [0, 0.1) is 0 Å². The second-order valence-corrected chi connectivity index (χ2v) is 7.54. The van der Waals surface area contributed by atoms with Crippen LogP contribution in [0.3, 0.4) is 0 Å². The topological polar surface area (TPSA) is 75.6 Å². The van der Waals surface area contributed by atoms with Crippen molar-refractivity contribution in [2.45, 2.75) is 31.5 Å². The maximum absolute atomic E-state index is 12.3. The third kappa shape index (κ3) is 4.64. The van der Waals surface area contributed by atoms with E-state index in [-0.39, 0.29) is 24.7 Å². The number of hydrogen-bond acceptors (Lipinski definition) is 5. The first-order valence-electron chi connectivity index (χ1n) is 10.5. The number of hydrogen-bond donors (Lipinski definition) is 1. The number of carbonyl (C=O) groups is 1. The van der Waals surface area contributed by atoms with Gasteiger partial charge in [0.25, 0.3) is 5.91 Å². The number of aliphatic imine (C=N–C) groups is 1. The van der Waals surface area contributed by atoms with E-state index >= 15 is 0 Å². The maximum Gasteiger partial charge on any atom is 0.265 e. The Morgan fingerprint density at radius 1 is 1.24 bits per heavy atom. The fraction of sp³-hybridized carbons (Fsp3) is 0.619. The Morgan fingerprint density at radius 3 is 2.93 bits per heavy atom. The highest BCUT2D eigenvalue weighted by Gasteiger charge is 2.32. The fourth-order valence-electron chi connectivity index (χ4n) is 4.16. The fourth-order valence-corrected chi connectivity index (χ4v) is 4.16. The van der Waals surface area contributed by atoms with Gasteiger partial charge in [0, 0.05) is 39.8 Å². The van der Waals surface area contributed by atoms with Gasteiger partial charge in [0.1, 0.15) is 11.9 Å². The van der Waals surface area contributed by atoms with Crippen molar-refractivity contribution < 1.29 is 19.0 Å². The molecule has 0 saturated carbocycles. The van der Waals surface area contributed by atoms with E-state index in [1.807, 2.05) is 29.2 Å².